The molecule has 0 unspecified atom stereocenters. The van der Waals surface area contributed by atoms with Gasteiger partial charge in [0, 0.05) is 16.5 Å². The smallest absolute Gasteiger partial charge is 0.323 e. The number of aryl methyl sites for hydroxylation is 1. The Balaban J connectivity index is 2.05. The number of aromatic nitrogens is 2. The first-order valence-electron chi connectivity index (χ1n) is 8.41. The molecule has 4 aromatic rings. The average Bonchev–Trinajstić information content (AvgIpc) is 3.09. The van der Waals surface area contributed by atoms with Crippen molar-refractivity contribution in [3.05, 3.63) is 75.9 Å². The van der Waals surface area contributed by atoms with E-state index in [2.05, 4.69) is 4.98 Å². The number of carboxylic acid groups (broad SMARTS) is 1. The van der Waals surface area contributed by atoms with E-state index in [1.54, 1.807) is 0 Å². The second-order valence-electron chi connectivity index (χ2n) is 6.23. The predicted octanol–water partition coefficient (Wildman–Crippen LogP) is 4.19. The molecule has 2 aromatic carbocycles. The van der Waals surface area contributed by atoms with Gasteiger partial charge in [0.15, 0.2) is 0 Å². The molecule has 5 nitrogen and oxygen atoms in total. The number of rotatable bonds is 4. The molecule has 0 radical (unpaired) electrons. The van der Waals surface area contributed by atoms with Crippen molar-refractivity contribution >= 4 is 27.5 Å². The monoisotopic (exact) mass is 376 g/mol. The van der Waals surface area contributed by atoms with E-state index in [9.17, 15) is 14.7 Å². The number of nitrogens with zero attached hydrogens (tertiary/aromatic N) is 2. The molecule has 2 aromatic heterocycles. The van der Waals surface area contributed by atoms with Gasteiger partial charge < -0.3 is 5.11 Å². The number of thiophene rings is 1. The lowest BCUT2D eigenvalue weighted by Crippen LogP contribution is -2.27. The number of hydrogen-bond acceptors (Lipinski definition) is 4. The van der Waals surface area contributed by atoms with Crippen LogP contribution in [0.1, 0.15) is 5.56 Å². The Hall–Kier alpha value is -3.25. The highest BCUT2D eigenvalue weighted by molar-refractivity contribution is 7.17. The summed E-state index contributed by atoms with van der Waals surface area (Å²) in [6.07, 6.45) is 0. The number of fused-ring (bicyclic) bond motifs is 1. The quantitative estimate of drug-likeness (QED) is 0.580. The molecule has 2 heterocycles. The molecular weight excluding hydrogens is 360 g/mol. The summed E-state index contributed by atoms with van der Waals surface area (Å²) in [4.78, 5) is 30.0. The number of aliphatic carboxylic acids is 1. The molecule has 0 aliphatic carbocycles. The Morgan fingerprint density at radius 2 is 1.78 bits per heavy atom. The largest absolute Gasteiger partial charge is 0.480 e. The van der Waals surface area contributed by atoms with E-state index in [1.165, 1.54) is 15.9 Å². The lowest BCUT2D eigenvalue weighted by molar-refractivity contribution is -0.137. The second kappa shape index (κ2) is 6.81. The summed E-state index contributed by atoms with van der Waals surface area (Å²) in [7, 11) is 0. The normalized spacial score (nSPS) is 11.0. The van der Waals surface area contributed by atoms with Gasteiger partial charge in [0.1, 0.15) is 17.2 Å². The second-order valence-corrected chi connectivity index (χ2v) is 7.09. The summed E-state index contributed by atoms with van der Waals surface area (Å²) in [5.74, 6) is -0.695. The third kappa shape index (κ3) is 3.04. The molecule has 27 heavy (non-hydrogen) atoms. The molecule has 0 atom stereocenters. The molecule has 6 heteroatoms. The standard InChI is InChI=1S/C21H16N2O3S/c1-13-7-5-6-10-15(13)19-22-20-18(21(26)23(19)11-17(24)25)16(12-27-20)14-8-3-2-4-9-14/h2-10,12H,11H2,1H3,(H,24,25). The van der Waals surface area contributed by atoms with Crippen LogP contribution in [0.25, 0.3) is 32.7 Å². The van der Waals surface area contributed by atoms with Crippen LogP contribution in [0.15, 0.2) is 64.8 Å². The van der Waals surface area contributed by atoms with E-state index in [4.69, 9.17) is 0 Å². The van der Waals surface area contributed by atoms with Crippen molar-refractivity contribution in [2.45, 2.75) is 13.5 Å². The van der Waals surface area contributed by atoms with Crippen LogP contribution in [0, 0.1) is 6.92 Å². The molecule has 0 bridgehead atoms. The summed E-state index contributed by atoms with van der Waals surface area (Å²) >= 11 is 1.39. The Kier molecular flexibility index (Phi) is 4.33. The van der Waals surface area contributed by atoms with Crippen LogP contribution >= 0.6 is 11.3 Å². The van der Waals surface area contributed by atoms with Gasteiger partial charge in [0.2, 0.25) is 0 Å². The molecular formula is C21H16N2O3S. The minimum Gasteiger partial charge on any atom is -0.480 e. The number of hydrogen-bond donors (Lipinski definition) is 1. The van der Waals surface area contributed by atoms with E-state index < -0.39 is 12.5 Å². The molecule has 0 saturated carbocycles. The van der Waals surface area contributed by atoms with Crippen LogP contribution in [-0.4, -0.2) is 20.6 Å². The van der Waals surface area contributed by atoms with Crippen molar-refractivity contribution in [1.82, 2.24) is 9.55 Å². The Labute approximate surface area is 159 Å². The van der Waals surface area contributed by atoms with Gasteiger partial charge in [-0.1, -0.05) is 54.6 Å². The number of benzene rings is 2. The van der Waals surface area contributed by atoms with Crippen LogP contribution in [0.4, 0.5) is 0 Å². The van der Waals surface area contributed by atoms with Crippen LogP contribution in [0.5, 0.6) is 0 Å². The van der Waals surface area contributed by atoms with Crippen molar-refractivity contribution in [3.63, 3.8) is 0 Å². The van der Waals surface area contributed by atoms with Crippen LogP contribution < -0.4 is 5.56 Å². The average molecular weight is 376 g/mol. The maximum absolute atomic E-state index is 13.3. The van der Waals surface area contributed by atoms with E-state index in [0.29, 0.717) is 16.0 Å². The molecule has 134 valence electrons. The topological polar surface area (TPSA) is 72.2 Å². The Morgan fingerprint density at radius 3 is 2.48 bits per heavy atom. The highest BCUT2D eigenvalue weighted by atomic mass is 32.1. The fourth-order valence-electron chi connectivity index (χ4n) is 3.17. The zero-order valence-electron chi connectivity index (χ0n) is 14.5. The number of carboxylic acids is 1. The third-order valence-electron chi connectivity index (χ3n) is 4.46. The zero-order chi connectivity index (χ0) is 19.0. The first-order valence-corrected chi connectivity index (χ1v) is 9.29. The maximum Gasteiger partial charge on any atom is 0.323 e. The van der Waals surface area contributed by atoms with E-state index >= 15 is 0 Å². The van der Waals surface area contributed by atoms with Crippen molar-refractivity contribution in [2.24, 2.45) is 0 Å². The SMILES string of the molecule is Cc1ccccc1-c1nc2scc(-c3ccccc3)c2c(=O)n1CC(=O)O. The van der Waals surface area contributed by atoms with E-state index in [0.717, 1.165) is 22.3 Å². The molecule has 1 N–H and O–H groups in total. The van der Waals surface area contributed by atoms with E-state index in [-0.39, 0.29) is 5.56 Å². The molecule has 0 aliphatic rings. The summed E-state index contributed by atoms with van der Waals surface area (Å²) in [6, 6.07) is 17.1. The summed E-state index contributed by atoms with van der Waals surface area (Å²) in [5.41, 5.74) is 3.05. The summed E-state index contributed by atoms with van der Waals surface area (Å²) in [6.45, 7) is 1.48. The molecule has 0 saturated heterocycles. The minimum absolute atomic E-state index is 0.333. The zero-order valence-corrected chi connectivity index (χ0v) is 15.4. The van der Waals surface area contributed by atoms with Crippen LogP contribution in [0.3, 0.4) is 0 Å². The highest BCUT2D eigenvalue weighted by Crippen LogP contribution is 2.32. The summed E-state index contributed by atoms with van der Waals surface area (Å²) in [5, 5.41) is 11.7. The van der Waals surface area contributed by atoms with Crippen molar-refractivity contribution in [2.75, 3.05) is 0 Å². The lowest BCUT2D eigenvalue weighted by atomic mass is 10.1. The third-order valence-corrected chi connectivity index (χ3v) is 5.33. The minimum atomic E-state index is -1.08. The Morgan fingerprint density at radius 1 is 1.07 bits per heavy atom. The van der Waals surface area contributed by atoms with Gasteiger partial charge in [0.05, 0.1) is 5.39 Å². The first-order chi connectivity index (χ1) is 13.1. The van der Waals surface area contributed by atoms with Gasteiger partial charge in [-0.25, -0.2) is 4.98 Å². The van der Waals surface area contributed by atoms with E-state index in [1.807, 2.05) is 66.9 Å². The fourth-order valence-corrected chi connectivity index (χ4v) is 4.10. The van der Waals surface area contributed by atoms with Crippen molar-refractivity contribution in [3.8, 4) is 22.5 Å². The van der Waals surface area contributed by atoms with Gasteiger partial charge in [-0.2, -0.15) is 0 Å². The molecule has 0 fully saturated rings. The van der Waals surface area contributed by atoms with Crippen LogP contribution in [-0.2, 0) is 11.3 Å². The highest BCUT2D eigenvalue weighted by Gasteiger charge is 2.20. The maximum atomic E-state index is 13.3. The Bertz CT molecular complexity index is 1210. The van der Waals surface area contributed by atoms with Gasteiger partial charge in [0.25, 0.3) is 5.56 Å². The predicted molar refractivity (Wildman–Crippen MR) is 107 cm³/mol. The molecule has 4 rings (SSSR count). The van der Waals surface area contributed by atoms with Gasteiger partial charge in [-0.3, -0.25) is 14.2 Å². The molecule has 0 amide bonds. The molecule has 0 spiro atoms. The first kappa shape index (κ1) is 17.2. The van der Waals surface area contributed by atoms with Crippen molar-refractivity contribution in [1.29, 1.82) is 0 Å². The summed E-state index contributed by atoms with van der Waals surface area (Å²) < 4.78 is 1.26. The van der Waals surface area contributed by atoms with Gasteiger partial charge in [-0.15, -0.1) is 11.3 Å². The lowest BCUT2D eigenvalue weighted by Gasteiger charge is -2.13. The number of carbonyl (C=O) groups is 1. The van der Waals surface area contributed by atoms with Crippen LogP contribution in [0.2, 0.25) is 0 Å². The van der Waals surface area contributed by atoms with Gasteiger partial charge in [-0.05, 0) is 18.1 Å². The molecule has 0 aliphatic heterocycles. The van der Waals surface area contributed by atoms with Crippen molar-refractivity contribution < 1.29 is 9.90 Å². The fraction of sp³-hybridized carbons (Fsp3) is 0.0952. The van der Waals surface area contributed by atoms with Gasteiger partial charge >= 0.3 is 5.97 Å².